The van der Waals surface area contributed by atoms with E-state index in [9.17, 15) is 18.0 Å². The first-order valence-electron chi connectivity index (χ1n) is 5.35. The molecule has 0 unspecified atom stereocenters. The van der Waals surface area contributed by atoms with Crippen molar-refractivity contribution in [3.8, 4) is 5.75 Å². The second-order valence-electron chi connectivity index (χ2n) is 4.09. The molecule has 1 aliphatic rings. The number of carboxylic acids is 1. The maximum absolute atomic E-state index is 12.8. The standard InChI is InChI=1S/C12H8ClF3O4/c13-7-1-5-3-8(11(18)19)10(12(14,15)16)20-9(5)6(2-7)4-17/h1-3,10,17H,4H2,(H,18,19)/t10-/m0/s1. The quantitative estimate of drug-likeness (QED) is 0.881. The van der Waals surface area contributed by atoms with Gasteiger partial charge in [0.1, 0.15) is 5.75 Å². The molecule has 0 bridgehead atoms. The van der Waals surface area contributed by atoms with Gasteiger partial charge in [-0.15, -0.1) is 0 Å². The number of carboxylic acid groups (broad SMARTS) is 1. The third-order valence-corrected chi connectivity index (χ3v) is 2.92. The number of alkyl halides is 3. The van der Waals surface area contributed by atoms with Crippen molar-refractivity contribution < 1.29 is 32.9 Å². The first-order chi connectivity index (χ1) is 9.24. The summed E-state index contributed by atoms with van der Waals surface area (Å²) >= 11 is 5.75. The Hall–Kier alpha value is -1.73. The van der Waals surface area contributed by atoms with Crippen LogP contribution in [0.15, 0.2) is 17.7 Å². The molecule has 1 aromatic rings. The van der Waals surface area contributed by atoms with Gasteiger partial charge in [0.15, 0.2) is 0 Å². The van der Waals surface area contributed by atoms with E-state index >= 15 is 0 Å². The van der Waals surface area contributed by atoms with E-state index in [4.69, 9.17) is 26.6 Å². The smallest absolute Gasteiger partial charge is 0.430 e. The summed E-state index contributed by atoms with van der Waals surface area (Å²) in [6.07, 6.45) is -6.61. The zero-order valence-electron chi connectivity index (χ0n) is 9.74. The summed E-state index contributed by atoms with van der Waals surface area (Å²) in [7, 11) is 0. The number of aliphatic carboxylic acids is 1. The minimum atomic E-state index is -4.88. The van der Waals surface area contributed by atoms with Gasteiger partial charge in [0.25, 0.3) is 0 Å². The highest BCUT2D eigenvalue weighted by atomic mass is 35.5. The number of carbonyl (C=O) groups is 1. The fourth-order valence-corrected chi connectivity index (χ4v) is 2.13. The van der Waals surface area contributed by atoms with Crippen molar-refractivity contribution in [3.63, 3.8) is 0 Å². The summed E-state index contributed by atoms with van der Waals surface area (Å²) in [4.78, 5) is 10.9. The van der Waals surface area contributed by atoms with Crippen LogP contribution in [0.1, 0.15) is 11.1 Å². The van der Waals surface area contributed by atoms with Gasteiger partial charge in [0, 0.05) is 16.1 Å². The molecule has 2 N–H and O–H groups in total. The van der Waals surface area contributed by atoms with Crippen molar-refractivity contribution in [3.05, 3.63) is 33.9 Å². The summed E-state index contributed by atoms with van der Waals surface area (Å²) in [5.41, 5.74) is -0.793. The van der Waals surface area contributed by atoms with Gasteiger partial charge in [-0.3, -0.25) is 0 Å². The molecule has 0 aliphatic carbocycles. The number of benzene rings is 1. The molecular formula is C12H8ClF3O4. The molecule has 0 saturated carbocycles. The number of hydrogen-bond acceptors (Lipinski definition) is 3. The number of aliphatic hydroxyl groups excluding tert-OH is 1. The molecule has 8 heteroatoms. The van der Waals surface area contributed by atoms with Crippen LogP contribution in [0, 0.1) is 0 Å². The van der Waals surface area contributed by atoms with Crippen molar-refractivity contribution in [2.24, 2.45) is 0 Å². The predicted molar refractivity (Wildman–Crippen MR) is 63.5 cm³/mol. The summed E-state index contributed by atoms with van der Waals surface area (Å²) in [5.74, 6) is -1.95. The fourth-order valence-electron chi connectivity index (χ4n) is 1.88. The number of fused-ring (bicyclic) bond motifs is 1. The van der Waals surface area contributed by atoms with Crippen molar-refractivity contribution in [1.29, 1.82) is 0 Å². The lowest BCUT2D eigenvalue weighted by molar-refractivity contribution is -0.187. The van der Waals surface area contributed by atoms with E-state index < -0.39 is 30.4 Å². The molecule has 0 amide bonds. The Balaban J connectivity index is 2.62. The van der Waals surface area contributed by atoms with Crippen LogP contribution in [0.25, 0.3) is 6.08 Å². The minimum absolute atomic E-state index is 0.0578. The average molecular weight is 309 g/mol. The van der Waals surface area contributed by atoms with Crippen molar-refractivity contribution in [1.82, 2.24) is 0 Å². The third-order valence-electron chi connectivity index (χ3n) is 2.70. The van der Waals surface area contributed by atoms with Crippen LogP contribution in [0.2, 0.25) is 5.02 Å². The molecule has 0 spiro atoms. The van der Waals surface area contributed by atoms with E-state index in [0.29, 0.717) is 0 Å². The molecule has 0 fully saturated rings. The molecular weight excluding hydrogens is 301 g/mol. The summed E-state index contributed by atoms with van der Waals surface area (Å²) < 4.78 is 43.3. The molecule has 1 aliphatic heterocycles. The van der Waals surface area contributed by atoms with Crippen LogP contribution >= 0.6 is 11.6 Å². The molecule has 4 nitrogen and oxygen atoms in total. The Bertz CT molecular complexity index is 595. The Labute approximate surface area is 116 Å². The second kappa shape index (κ2) is 4.99. The Morgan fingerprint density at radius 3 is 2.55 bits per heavy atom. The average Bonchev–Trinajstić information content (AvgIpc) is 2.34. The molecule has 108 valence electrons. The molecule has 1 heterocycles. The van der Waals surface area contributed by atoms with Crippen LogP contribution in [-0.4, -0.2) is 28.5 Å². The molecule has 0 saturated heterocycles. The Morgan fingerprint density at radius 2 is 2.05 bits per heavy atom. The van der Waals surface area contributed by atoms with Crippen molar-refractivity contribution >= 4 is 23.6 Å². The van der Waals surface area contributed by atoms with Crippen molar-refractivity contribution in [2.45, 2.75) is 18.9 Å². The molecule has 0 aromatic heterocycles. The lowest BCUT2D eigenvalue weighted by atomic mass is 9.99. The molecule has 20 heavy (non-hydrogen) atoms. The number of ether oxygens (including phenoxy) is 1. The summed E-state index contributed by atoms with van der Waals surface area (Å²) in [5, 5.41) is 18.1. The zero-order valence-corrected chi connectivity index (χ0v) is 10.5. The molecule has 1 atom stereocenters. The fraction of sp³-hybridized carbons (Fsp3) is 0.250. The highest BCUT2D eigenvalue weighted by molar-refractivity contribution is 6.30. The minimum Gasteiger partial charge on any atom is -0.478 e. The molecule has 0 radical (unpaired) electrons. The number of halogens is 4. The van der Waals surface area contributed by atoms with E-state index in [-0.39, 0.29) is 21.9 Å². The monoisotopic (exact) mass is 308 g/mol. The van der Waals surface area contributed by atoms with Crippen LogP contribution in [-0.2, 0) is 11.4 Å². The lowest BCUT2D eigenvalue weighted by Gasteiger charge is -2.28. The van der Waals surface area contributed by atoms with Crippen LogP contribution in [0.3, 0.4) is 0 Å². The predicted octanol–water partition coefficient (Wildman–Crippen LogP) is 2.62. The van der Waals surface area contributed by atoms with Crippen LogP contribution < -0.4 is 4.74 Å². The number of hydrogen-bond donors (Lipinski definition) is 2. The van der Waals surface area contributed by atoms with Gasteiger partial charge in [-0.05, 0) is 18.2 Å². The third kappa shape index (κ3) is 2.59. The van der Waals surface area contributed by atoms with Gasteiger partial charge in [0.05, 0.1) is 12.2 Å². The zero-order chi connectivity index (χ0) is 15.1. The van der Waals surface area contributed by atoms with Gasteiger partial charge < -0.3 is 14.9 Å². The summed E-state index contributed by atoms with van der Waals surface area (Å²) in [6, 6.07) is 2.53. The maximum Gasteiger partial charge on any atom is 0.430 e. The number of aliphatic hydroxyl groups is 1. The van der Waals surface area contributed by atoms with E-state index in [1.165, 1.54) is 12.1 Å². The lowest BCUT2D eigenvalue weighted by Crippen LogP contribution is -2.40. The van der Waals surface area contributed by atoms with Crippen LogP contribution in [0.4, 0.5) is 13.2 Å². The first-order valence-corrected chi connectivity index (χ1v) is 5.73. The normalized spacial score (nSPS) is 18.1. The summed E-state index contributed by atoms with van der Waals surface area (Å²) in [6.45, 7) is -0.580. The van der Waals surface area contributed by atoms with Crippen molar-refractivity contribution in [2.75, 3.05) is 0 Å². The topological polar surface area (TPSA) is 66.8 Å². The highest BCUT2D eigenvalue weighted by Crippen LogP contribution is 2.40. The molecule has 1 aromatic carbocycles. The Kier molecular flexibility index (Phi) is 3.66. The highest BCUT2D eigenvalue weighted by Gasteiger charge is 2.48. The first kappa shape index (κ1) is 14.7. The van der Waals surface area contributed by atoms with E-state index in [2.05, 4.69) is 0 Å². The van der Waals surface area contributed by atoms with E-state index in [0.717, 1.165) is 6.08 Å². The largest absolute Gasteiger partial charge is 0.478 e. The van der Waals surface area contributed by atoms with E-state index in [1.807, 2.05) is 0 Å². The van der Waals surface area contributed by atoms with Gasteiger partial charge in [-0.1, -0.05) is 11.6 Å². The SMILES string of the molecule is O=C(O)C1=Cc2cc(Cl)cc(CO)c2O[C@@H]1C(F)(F)F. The maximum atomic E-state index is 12.8. The number of rotatable bonds is 2. The van der Waals surface area contributed by atoms with E-state index in [1.54, 1.807) is 0 Å². The van der Waals surface area contributed by atoms with Gasteiger partial charge in [-0.25, -0.2) is 4.79 Å². The van der Waals surface area contributed by atoms with Gasteiger partial charge in [0.2, 0.25) is 6.10 Å². The molecule has 2 rings (SSSR count). The van der Waals surface area contributed by atoms with Gasteiger partial charge in [-0.2, -0.15) is 13.2 Å². The van der Waals surface area contributed by atoms with Gasteiger partial charge >= 0.3 is 12.1 Å². The Morgan fingerprint density at radius 1 is 1.40 bits per heavy atom. The van der Waals surface area contributed by atoms with Crippen LogP contribution in [0.5, 0.6) is 5.75 Å². The second-order valence-corrected chi connectivity index (χ2v) is 4.52.